The smallest absolute Gasteiger partial charge is 0.253 e. The van der Waals surface area contributed by atoms with E-state index in [1.165, 1.54) is 15.6 Å². The van der Waals surface area contributed by atoms with Crippen LogP contribution in [0.15, 0.2) is 26.2 Å². The van der Waals surface area contributed by atoms with Gasteiger partial charge in [0.2, 0.25) is 11.8 Å². The Morgan fingerprint density at radius 2 is 2.20 bits per heavy atom. The molecule has 2 aliphatic rings. The third kappa shape index (κ3) is 3.00. The van der Waals surface area contributed by atoms with Crippen LogP contribution in [0.2, 0.25) is 0 Å². The molecule has 1 aliphatic carbocycles. The van der Waals surface area contributed by atoms with Gasteiger partial charge < -0.3 is 4.52 Å². The number of hydrogen-bond acceptors (Lipinski definition) is 6. The summed E-state index contributed by atoms with van der Waals surface area (Å²) >= 11 is 1.17. The molecule has 3 heterocycles. The van der Waals surface area contributed by atoms with Gasteiger partial charge in [0.15, 0.2) is 0 Å². The van der Waals surface area contributed by atoms with Crippen LogP contribution in [0.3, 0.4) is 0 Å². The number of rotatable bonds is 4. The number of hydrogen-bond donors (Lipinski definition) is 1. The van der Waals surface area contributed by atoms with Gasteiger partial charge in [-0.1, -0.05) is 17.6 Å². The van der Waals surface area contributed by atoms with Crippen molar-refractivity contribution in [2.75, 3.05) is 11.9 Å². The van der Waals surface area contributed by atoms with Gasteiger partial charge in [-0.2, -0.15) is 4.31 Å². The molecule has 1 aliphatic heterocycles. The summed E-state index contributed by atoms with van der Waals surface area (Å²) in [6, 6.07) is 2.56. The van der Waals surface area contributed by atoms with E-state index in [4.69, 9.17) is 4.52 Å². The first kappa shape index (κ1) is 16.7. The minimum atomic E-state index is -3.66. The van der Waals surface area contributed by atoms with E-state index in [-0.39, 0.29) is 10.1 Å². The van der Waals surface area contributed by atoms with Crippen molar-refractivity contribution in [3.63, 3.8) is 0 Å². The summed E-state index contributed by atoms with van der Waals surface area (Å²) in [7, 11) is -3.66. The Morgan fingerprint density at radius 1 is 1.32 bits per heavy atom. The molecular weight excluding hydrogens is 362 g/mol. The number of piperidine rings is 1. The van der Waals surface area contributed by atoms with Gasteiger partial charge in [0.05, 0.1) is 5.69 Å². The Hall–Kier alpha value is -1.71. The van der Waals surface area contributed by atoms with E-state index in [0.717, 1.165) is 43.4 Å². The molecule has 1 unspecified atom stereocenters. The molecule has 1 amide bonds. The highest BCUT2D eigenvalue weighted by Crippen LogP contribution is 2.31. The second-order valence-corrected chi connectivity index (χ2v) is 9.40. The molecule has 4 rings (SSSR count). The first-order valence-electron chi connectivity index (χ1n) is 8.41. The molecule has 25 heavy (non-hydrogen) atoms. The fourth-order valence-electron chi connectivity index (χ4n) is 3.50. The van der Waals surface area contributed by atoms with Crippen molar-refractivity contribution in [2.24, 2.45) is 0 Å². The van der Waals surface area contributed by atoms with Crippen molar-refractivity contribution >= 4 is 33.2 Å². The molecule has 1 saturated heterocycles. The summed E-state index contributed by atoms with van der Waals surface area (Å²) < 4.78 is 32.6. The maximum Gasteiger partial charge on any atom is 0.253 e. The summed E-state index contributed by atoms with van der Waals surface area (Å²) in [6.07, 6.45) is 4.77. The van der Waals surface area contributed by atoms with E-state index in [0.29, 0.717) is 18.8 Å². The average Bonchev–Trinajstić information content (AvgIpc) is 3.34. The molecule has 2 aromatic rings. The zero-order valence-corrected chi connectivity index (χ0v) is 15.2. The third-order valence-electron chi connectivity index (χ3n) is 4.76. The Kier molecular flexibility index (Phi) is 4.38. The Balaban J connectivity index is 1.57. The van der Waals surface area contributed by atoms with Crippen LogP contribution in [-0.4, -0.2) is 36.4 Å². The van der Waals surface area contributed by atoms with E-state index in [9.17, 15) is 13.2 Å². The zero-order chi connectivity index (χ0) is 17.4. The molecule has 1 fully saturated rings. The second kappa shape index (κ2) is 6.54. The van der Waals surface area contributed by atoms with E-state index >= 15 is 0 Å². The fraction of sp³-hybridized carbons (Fsp3) is 0.500. The van der Waals surface area contributed by atoms with Crippen LogP contribution in [-0.2, 0) is 27.7 Å². The number of amides is 1. The quantitative estimate of drug-likeness (QED) is 0.878. The lowest BCUT2D eigenvalue weighted by atomic mass is 10.0. The number of fused-ring (bicyclic) bond motifs is 1. The summed E-state index contributed by atoms with van der Waals surface area (Å²) in [5, 5.41) is 8.48. The molecule has 2 aromatic heterocycles. The topological polar surface area (TPSA) is 92.5 Å². The maximum atomic E-state index is 12.9. The summed E-state index contributed by atoms with van der Waals surface area (Å²) in [5.41, 5.74) is 1.83. The van der Waals surface area contributed by atoms with Crippen molar-refractivity contribution in [1.29, 1.82) is 0 Å². The first-order chi connectivity index (χ1) is 12.1. The van der Waals surface area contributed by atoms with Crippen LogP contribution < -0.4 is 5.32 Å². The van der Waals surface area contributed by atoms with Crippen molar-refractivity contribution in [3.05, 3.63) is 28.8 Å². The highest BCUT2D eigenvalue weighted by Gasteiger charge is 2.38. The molecule has 7 nitrogen and oxygen atoms in total. The van der Waals surface area contributed by atoms with E-state index in [1.807, 2.05) is 0 Å². The molecule has 0 saturated carbocycles. The number of carbonyl (C=O) groups is 1. The first-order valence-corrected chi connectivity index (χ1v) is 10.7. The van der Waals surface area contributed by atoms with Gasteiger partial charge >= 0.3 is 0 Å². The van der Waals surface area contributed by atoms with Gasteiger partial charge in [0, 0.05) is 12.1 Å². The van der Waals surface area contributed by atoms with Crippen LogP contribution in [0, 0.1) is 0 Å². The number of thiophene rings is 1. The van der Waals surface area contributed by atoms with Crippen LogP contribution in [0.4, 0.5) is 5.88 Å². The number of nitrogens with zero attached hydrogens (tertiary/aromatic N) is 2. The van der Waals surface area contributed by atoms with Gasteiger partial charge in [0.25, 0.3) is 10.0 Å². The monoisotopic (exact) mass is 381 g/mol. The molecule has 134 valence electrons. The Bertz CT molecular complexity index is 873. The maximum absolute atomic E-state index is 12.9. The second-order valence-electron chi connectivity index (χ2n) is 6.34. The molecule has 0 radical (unpaired) electrons. The molecule has 1 atom stereocenters. The highest BCUT2D eigenvalue weighted by molar-refractivity contribution is 7.91. The minimum absolute atomic E-state index is 0.271. The zero-order valence-electron chi connectivity index (χ0n) is 13.6. The van der Waals surface area contributed by atoms with Gasteiger partial charge in [-0.05, 0) is 43.6 Å². The predicted molar refractivity (Wildman–Crippen MR) is 93.0 cm³/mol. The molecule has 0 aromatic carbocycles. The summed E-state index contributed by atoms with van der Waals surface area (Å²) in [4.78, 5) is 12.8. The largest absolute Gasteiger partial charge is 0.338 e. The van der Waals surface area contributed by atoms with E-state index < -0.39 is 16.1 Å². The standard InChI is InChI=1S/C16H19N3O4S2/c20-15(17-16-11-5-3-6-12(11)18-23-16)13-7-1-2-9-19(13)25(21,22)14-8-4-10-24-14/h4,8,10,13H,1-3,5-7,9H2,(H,17,20). The summed E-state index contributed by atoms with van der Waals surface area (Å²) in [5.74, 6) is 0.0298. The van der Waals surface area contributed by atoms with E-state index in [2.05, 4.69) is 10.5 Å². The number of carbonyl (C=O) groups excluding carboxylic acids is 1. The van der Waals surface area contributed by atoms with Crippen molar-refractivity contribution in [3.8, 4) is 0 Å². The van der Waals surface area contributed by atoms with Crippen molar-refractivity contribution in [1.82, 2.24) is 9.46 Å². The Morgan fingerprint density at radius 3 is 3.00 bits per heavy atom. The lowest BCUT2D eigenvalue weighted by molar-refractivity contribution is -0.120. The number of aryl methyl sites for hydroxylation is 1. The van der Waals surface area contributed by atoms with Crippen LogP contribution in [0.5, 0.6) is 0 Å². The van der Waals surface area contributed by atoms with E-state index in [1.54, 1.807) is 17.5 Å². The van der Waals surface area contributed by atoms with Gasteiger partial charge in [-0.3, -0.25) is 10.1 Å². The highest BCUT2D eigenvalue weighted by atomic mass is 32.2. The molecule has 9 heteroatoms. The number of aromatic nitrogens is 1. The van der Waals surface area contributed by atoms with Gasteiger partial charge in [0.1, 0.15) is 10.3 Å². The predicted octanol–water partition coefficient (Wildman–Crippen LogP) is 2.41. The third-order valence-corrected chi connectivity index (χ3v) is 8.04. The molecule has 0 spiro atoms. The van der Waals surface area contributed by atoms with Crippen LogP contribution >= 0.6 is 11.3 Å². The number of anilines is 1. The van der Waals surface area contributed by atoms with Gasteiger partial charge in [-0.15, -0.1) is 11.3 Å². The van der Waals surface area contributed by atoms with Crippen molar-refractivity contribution < 1.29 is 17.7 Å². The normalized spacial score (nSPS) is 21.2. The molecule has 1 N–H and O–H groups in total. The number of nitrogens with one attached hydrogen (secondary N) is 1. The van der Waals surface area contributed by atoms with Gasteiger partial charge in [-0.25, -0.2) is 8.42 Å². The molecular formula is C16H19N3O4S2. The average molecular weight is 381 g/mol. The fourth-order valence-corrected chi connectivity index (χ4v) is 6.28. The minimum Gasteiger partial charge on any atom is -0.338 e. The lowest BCUT2D eigenvalue weighted by Gasteiger charge is -2.32. The lowest BCUT2D eigenvalue weighted by Crippen LogP contribution is -2.49. The van der Waals surface area contributed by atoms with Crippen LogP contribution in [0.25, 0.3) is 0 Å². The Labute approximate surface area is 150 Å². The number of sulfonamides is 1. The molecule has 0 bridgehead atoms. The summed E-state index contributed by atoms with van der Waals surface area (Å²) in [6.45, 7) is 0.354. The van der Waals surface area contributed by atoms with Crippen molar-refractivity contribution in [2.45, 2.75) is 48.8 Å². The van der Waals surface area contributed by atoms with Crippen LogP contribution in [0.1, 0.15) is 36.9 Å². The SMILES string of the molecule is O=C(Nc1onc2c1CCC2)C1CCCCN1S(=O)(=O)c1cccs1.